The smallest absolute Gasteiger partial charge is 0.270 e. The fraction of sp³-hybridized carbons (Fsp3) is 0.571. The van der Waals surface area contributed by atoms with E-state index in [1.54, 1.807) is 6.07 Å². The summed E-state index contributed by atoms with van der Waals surface area (Å²) in [7, 11) is 0. The molecule has 2 rings (SSSR count). The monoisotopic (exact) mass is 342 g/mol. The van der Waals surface area contributed by atoms with Gasteiger partial charge in [0.1, 0.15) is 0 Å². The van der Waals surface area contributed by atoms with Crippen LogP contribution >= 0.6 is 15.9 Å². The van der Waals surface area contributed by atoms with Gasteiger partial charge in [0.05, 0.1) is 22.2 Å². The standard InChI is InChI=1S/C14H19BrN2O3/c1-13(2)8-12(14(3,4)20-13)16-11-6-5-9(17(18)19)7-10(11)15/h5-7,12,16H,8H2,1-4H3. The third kappa shape index (κ3) is 3.12. The minimum absolute atomic E-state index is 0.0738. The van der Waals surface area contributed by atoms with Crippen molar-refractivity contribution in [3.8, 4) is 0 Å². The zero-order valence-corrected chi connectivity index (χ0v) is 13.7. The number of nitrogens with zero attached hydrogens (tertiary/aromatic N) is 1. The first-order chi connectivity index (χ1) is 9.11. The number of halogens is 1. The summed E-state index contributed by atoms with van der Waals surface area (Å²) in [5, 5.41) is 14.2. The first-order valence-electron chi connectivity index (χ1n) is 6.51. The Kier molecular flexibility index (Phi) is 3.81. The molecule has 0 bridgehead atoms. The molecule has 1 aliphatic rings. The zero-order chi connectivity index (χ0) is 15.1. The van der Waals surface area contributed by atoms with Crippen LogP contribution in [0.1, 0.15) is 34.1 Å². The van der Waals surface area contributed by atoms with Crippen LogP contribution in [0, 0.1) is 10.1 Å². The number of rotatable bonds is 3. The van der Waals surface area contributed by atoms with Gasteiger partial charge in [0, 0.05) is 22.3 Å². The molecule has 1 aliphatic heterocycles. The number of nitro benzene ring substituents is 1. The molecule has 1 atom stereocenters. The summed E-state index contributed by atoms with van der Waals surface area (Å²) in [6, 6.07) is 4.89. The number of ether oxygens (including phenoxy) is 1. The number of anilines is 1. The van der Waals surface area contributed by atoms with Gasteiger partial charge in [-0.25, -0.2) is 0 Å². The van der Waals surface area contributed by atoms with Gasteiger partial charge in [0.2, 0.25) is 0 Å². The van der Waals surface area contributed by atoms with E-state index in [0.29, 0.717) is 4.47 Å². The molecule has 6 heteroatoms. The summed E-state index contributed by atoms with van der Waals surface area (Å²) >= 11 is 3.38. The van der Waals surface area contributed by atoms with Crippen molar-refractivity contribution in [1.82, 2.24) is 0 Å². The van der Waals surface area contributed by atoms with E-state index in [0.717, 1.165) is 12.1 Å². The summed E-state index contributed by atoms with van der Waals surface area (Å²) in [6.07, 6.45) is 0.878. The van der Waals surface area contributed by atoms with Crippen LogP contribution in [0.25, 0.3) is 0 Å². The Morgan fingerprint density at radius 3 is 2.50 bits per heavy atom. The molecule has 0 spiro atoms. The van der Waals surface area contributed by atoms with E-state index in [2.05, 4.69) is 48.9 Å². The van der Waals surface area contributed by atoms with E-state index in [1.165, 1.54) is 12.1 Å². The second kappa shape index (κ2) is 5.00. The highest BCUT2D eigenvalue weighted by molar-refractivity contribution is 9.10. The molecule has 110 valence electrons. The lowest BCUT2D eigenvalue weighted by Crippen LogP contribution is -2.38. The van der Waals surface area contributed by atoms with Gasteiger partial charge in [-0.15, -0.1) is 0 Å². The quantitative estimate of drug-likeness (QED) is 0.662. The molecule has 1 fully saturated rings. The molecule has 1 aromatic rings. The molecular weight excluding hydrogens is 324 g/mol. The highest BCUT2D eigenvalue weighted by Gasteiger charge is 2.45. The summed E-state index contributed by atoms with van der Waals surface area (Å²) in [5.41, 5.74) is 0.457. The van der Waals surface area contributed by atoms with E-state index in [9.17, 15) is 10.1 Å². The van der Waals surface area contributed by atoms with Crippen molar-refractivity contribution < 1.29 is 9.66 Å². The van der Waals surface area contributed by atoms with Crippen molar-refractivity contribution in [1.29, 1.82) is 0 Å². The van der Waals surface area contributed by atoms with Gasteiger partial charge in [-0.3, -0.25) is 10.1 Å². The fourth-order valence-corrected chi connectivity index (χ4v) is 3.19. The number of hydrogen-bond donors (Lipinski definition) is 1. The van der Waals surface area contributed by atoms with Crippen LogP contribution in [-0.2, 0) is 4.74 Å². The van der Waals surface area contributed by atoms with Gasteiger partial charge < -0.3 is 10.1 Å². The SMILES string of the molecule is CC1(C)CC(Nc2ccc([N+](=O)[O-])cc2Br)C(C)(C)O1. The minimum Gasteiger partial charge on any atom is -0.378 e. The van der Waals surface area contributed by atoms with Crippen molar-refractivity contribution in [2.75, 3.05) is 5.32 Å². The molecule has 0 amide bonds. The lowest BCUT2D eigenvalue weighted by Gasteiger charge is -2.28. The maximum absolute atomic E-state index is 10.7. The lowest BCUT2D eigenvalue weighted by atomic mass is 9.94. The van der Waals surface area contributed by atoms with Gasteiger partial charge in [-0.1, -0.05) is 0 Å². The molecule has 20 heavy (non-hydrogen) atoms. The summed E-state index contributed by atoms with van der Waals surface area (Å²) in [6.45, 7) is 8.25. The summed E-state index contributed by atoms with van der Waals surface area (Å²) in [4.78, 5) is 10.3. The van der Waals surface area contributed by atoms with Gasteiger partial charge in [-0.05, 0) is 56.1 Å². The first-order valence-corrected chi connectivity index (χ1v) is 7.31. The highest BCUT2D eigenvalue weighted by atomic mass is 79.9. The van der Waals surface area contributed by atoms with Gasteiger partial charge in [0.15, 0.2) is 0 Å². The third-order valence-corrected chi connectivity index (χ3v) is 4.22. The molecule has 1 N–H and O–H groups in total. The largest absolute Gasteiger partial charge is 0.378 e. The maximum atomic E-state index is 10.7. The van der Waals surface area contributed by atoms with Crippen LogP contribution in [0.2, 0.25) is 0 Å². The number of nitrogens with one attached hydrogen (secondary N) is 1. The Bertz CT molecular complexity index is 543. The Labute approximate surface area is 127 Å². The van der Waals surface area contributed by atoms with E-state index in [1.807, 2.05) is 0 Å². The van der Waals surface area contributed by atoms with Crippen molar-refractivity contribution >= 4 is 27.3 Å². The number of non-ortho nitro benzene ring substituents is 1. The average molecular weight is 343 g/mol. The van der Waals surface area contributed by atoms with Crippen molar-refractivity contribution in [2.45, 2.75) is 51.4 Å². The summed E-state index contributed by atoms with van der Waals surface area (Å²) < 4.78 is 6.72. The molecule has 0 radical (unpaired) electrons. The number of hydrogen-bond acceptors (Lipinski definition) is 4. The predicted molar refractivity (Wildman–Crippen MR) is 82.1 cm³/mol. The minimum atomic E-state index is -0.403. The van der Waals surface area contributed by atoms with Crippen LogP contribution in [0.4, 0.5) is 11.4 Å². The summed E-state index contributed by atoms with van der Waals surface area (Å²) in [5.74, 6) is 0. The van der Waals surface area contributed by atoms with Gasteiger partial charge >= 0.3 is 0 Å². The topological polar surface area (TPSA) is 64.4 Å². The van der Waals surface area contributed by atoms with Gasteiger partial charge in [0.25, 0.3) is 5.69 Å². The normalized spacial score (nSPS) is 23.6. The van der Waals surface area contributed by atoms with E-state index >= 15 is 0 Å². The van der Waals surface area contributed by atoms with Crippen molar-refractivity contribution in [3.63, 3.8) is 0 Å². The molecule has 1 aromatic carbocycles. The molecule has 5 nitrogen and oxygen atoms in total. The molecule has 1 unspecified atom stereocenters. The molecule has 1 heterocycles. The number of nitro groups is 1. The highest BCUT2D eigenvalue weighted by Crippen LogP contribution is 2.40. The molecular formula is C14H19BrN2O3. The Hall–Kier alpha value is -1.14. The molecule has 0 saturated carbocycles. The molecule has 0 aliphatic carbocycles. The Balaban J connectivity index is 2.21. The van der Waals surface area contributed by atoms with E-state index in [4.69, 9.17) is 4.74 Å². The van der Waals surface area contributed by atoms with E-state index in [-0.39, 0.29) is 22.9 Å². The van der Waals surface area contributed by atoms with Gasteiger partial charge in [-0.2, -0.15) is 0 Å². The average Bonchev–Trinajstić information content (AvgIpc) is 2.49. The van der Waals surface area contributed by atoms with Crippen LogP contribution < -0.4 is 5.32 Å². The van der Waals surface area contributed by atoms with Crippen LogP contribution in [0.15, 0.2) is 22.7 Å². The molecule has 1 saturated heterocycles. The first kappa shape index (κ1) is 15.3. The maximum Gasteiger partial charge on any atom is 0.270 e. The van der Waals surface area contributed by atoms with Crippen LogP contribution in [-0.4, -0.2) is 22.2 Å². The zero-order valence-electron chi connectivity index (χ0n) is 12.1. The van der Waals surface area contributed by atoms with E-state index < -0.39 is 4.92 Å². The number of benzene rings is 1. The second-order valence-corrected chi connectivity index (χ2v) is 7.14. The fourth-order valence-electron chi connectivity index (χ4n) is 2.71. The van der Waals surface area contributed by atoms with Crippen molar-refractivity contribution in [3.05, 3.63) is 32.8 Å². The van der Waals surface area contributed by atoms with Crippen LogP contribution in [0.3, 0.4) is 0 Å². The third-order valence-electron chi connectivity index (χ3n) is 3.57. The molecule has 0 aromatic heterocycles. The predicted octanol–water partition coefficient (Wildman–Crippen LogP) is 4.12. The van der Waals surface area contributed by atoms with Crippen LogP contribution in [0.5, 0.6) is 0 Å². The Morgan fingerprint density at radius 2 is 2.05 bits per heavy atom. The Morgan fingerprint density at radius 1 is 1.40 bits per heavy atom. The lowest BCUT2D eigenvalue weighted by molar-refractivity contribution is -0.384. The second-order valence-electron chi connectivity index (χ2n) is 6.29. The van der Waals surface area contributed by atoms with Crippen molar-refractivity contribution in [2.24, 2.45) is 0 Å².